The molecule has 4 aromatic carbocycles. The topological polar surface area (TPSA) is 93.6 Å². The van der Waals surface area contributed by atoms with Gasteiger partial charge in [0.1, 0.15) is 0 Å². The van der Waals surface area contributed by atoms with Gasteiger partial charge in [0.15, 0.2) is 12.4 Å². The van der Waals surface area contributed by atoms with Crippen molar-refractivity contribution < 1.29 is 23.9 Å². The standard InChI is InChI=1S/C32H18BrClN2O5/c33-20-9-14-27-25(15-20)26(32(40)41-17-29(37)19-5-10-21(34)11-6-19)16-28(35-27)18-7-12-22(13-8-18)36-30(38)23-3-1-2-4-24(23)31(36)39/h1-16H,17H2. The van der Waals surface area contributed by atoms with Crippen LogP contribution in [0.25, 0.3) is 22.2 Å². The summed E-state index contributed by atoms with van der Waals surface area (Å²) in [5.74, 6) is -1.81. The molecule has 2 amide bonds. The summed E-state index contributed by atoms with van der Waals surface area (Å²) in [7, 11) is 0. The normalized spacial score (nSPS) is 12.5. The van der Waals surface area contributed by atoms with Crippen LogP contribution in [0.5, 0.6) is 0 Å². The lowest BCUT2D eigenvalue weighted by atomic mass is 10.0. The van der Waals surface area contributed by atoms with Crippen LogP contribution in [0.2, 0.25) is 5.02 Å². The van der Waals surface area contributed by atoms with E-state index in [0.29, 0.717) is 49.6 Å². The van der Waals surface area contributed by atoms with E-state index in [2.05, 4.69) is 15.9 Å². The smallest absolute Gasteiger partial charge is 0.339 e. The maximum Gasteiger partial charge on any atom is 0.339 e. The lowest BCUT2D eigenvalue weighted by Crippen LogP contribution is -2.29. The number of amides is 2. The highest BCUT2D eigenvalue weighted by molar-refractivity contribution is 9.10. The average molecular weight is 626 g/mol. The molecular formula is C32H18BrClN2O5. The molecule has 7 nitrogen and oxygen atoms in total. The molecule has 0 N–H and O–H groups in total. The number of nitrogens with zero attached hydrogens (tertiary/aromatic N) is 2. The summed E-state index contributed by atoms with van der Waals surface area (Å²) in [6, 6.07) is 26.7. The zero-order chi connectivity index (χ0) is 28.7. The monoisotopic (exact) mass is 624 g/mol. The number of Topliss-reactive ketones (excluding diaryl/α,β-unsaturated/α-hetero) is 1. The molecule has 2 heterocycles. The van der Waals surface area contributed by atoms with Crippen molar-refractivity contribution in [2.45, 2.75) is 0 Å². The van der Waals surface area contributed by atoms with Gasteiger partial charge in [-0.15, -0.1) is 0 Å². The van der Waals surface area contributed by atoms with Crippen LogP contribution in [-0.4, -0.2) is 35.2 Å². The number of rotatable bonds is 6. The minimum Gasteiger partial charge on any atom is -0.454 e. The first kappa shape index (κ1) is 26.6. The lowest BCUT2D eigenvalue weighted by Gasteiger charge is -2.15. The lowest BCUT2D eigenvalue weighted by molar-refractivity contribution is 0.0476. The molecule has 200 valence electrons. The predicted octanol–water partition coefficient (Wildman–Crippen LogP) is 7.16. The third kappa shape index (κ3) is 5.03. The number of carbonyl (C=O) groups excluding carboxylic acids is 4. The number of pyridine rings is 1. The Labute approximate surface area is 247 Å². The minimum absolute atomic E-state index is 0.236. The largest absolute Gasteiger partial charge is 0.454 e. The van der Waals surface area contributed by atoms with Crippen LogP contribution in [0.15, 0.2) is 102 Å². The number of carbonyl (C=O) groups is 4. The fourth-order valence-electron chi connectivity index (χ4n) is 4.65. The van der Waals surface area contributed by atoms with Crippen LogP contribution in [0.3, 0.4) is 0 Å². The number of fused-ring (bicyclic) bond motifs is 2. The molecule has 0 unspecified atom stereocenters. The number of hydrogen-bond acceptors (Lipinski definition) is 6. The highest BCUT2D eigenvalue weighted by atomic mass is 79.9. The number of imide groups is 1. The molecule has 6 rings (SSSR count). The van der Waals surface area contributed by atoms with Crippen LogP contribution >= 0.6 is 27.5 Å². The fourth-order valence-corrected chi connectivity index (χ4v) is 5.13. The van der Waals surface area contributed by atoms with Gasteiger partial charge in [-0.1, -0.05) is 51.8 Å². The summed E-state index contributed by atoms with van der Waals surface area (Å²) < 4.78 is 6.15. The van der Waals surface area contributed by atoms with Gasteiger partial charge in [0.2, 0.25) is 0 Å². The highest BCUT2D eigenvalue weighted by Gasteiger charge is 2.36. The van der Waals surface area contributed by atoms with E-state index in [9.17, 15) is 19.2 Å². The molecule has 5 aromatic rings. The van der Waals surface area contributed by atoms with Crippen molar-refractivity contribution in [1.29, 1.82) is 0 Å². The van der Waals surface area contributed by atoms with Crippen molar-refractivity contribution in [3.05, 3.63) is 129 Å². The molecule has 0 fully saturated rings. The zero-order valence-corrected chi connectivity index (χ0v) is 23.5. The van der Waals surface area contributed by atoms with Crippen molar-refractivity contribution in [3.63, 3.8) is 0 Å². The first-order chi connectivity index (χ1) is 19.8. The second-order valence-electron chi connectivity index (χ2n) is 9.26. The molecule has 0 spiro atoms. The van der Waals surface area contributed by atoms with E-state index >= 15 is 0 Å². The number of aromatic nitrogens is 1. The van der Waals surface area contributed by atoms with Crippen LogP contribution in [0, 0.1) is 0 Å². The fraction of sp³-hybridized carbons (Fsp3) is 0.0312. The molecule has 0 atom stereocenters. The zero-order valence-electron chi connectivity index (χ0n) is 21.1. The van der Waals surface area contributed by atoms with Crippen LogP contribution in [-0.2, 0) is 4.74 Å². The average Bonchev–Trinajstić information content (AvgIpc) is 3.25. The van der Waals surface area contributed by atoms with E-state index in [1.54, 1.807) is 91.0 Å². The van der Waals surface area contributed by atoms with Gasteiger partial charge >= 0.3 is 5.97 Å². The molecule has 0 radical (unpaired) electrons. The Morgan fingerprint density at radius 2 is 1.49 bits per heavy atom. The number of esters is 1. The Hall–Kier alpha value is -4.66. The first-order valence-electron chi connectivity index (χ1n) is 12.4. The first-order valence-corrected chi connectivity index (χ1v) is 13.6. The Kier molecular flexibility index (Phi) is 6.95. The van der Waals surface area contributed by atoms with E-state index in [0.717, 1.165) is 9.37 Å². The van der Waals surface area contributed by atoms with E-state index in [1.165, 1.54) is 0 Å². The van der Waals surface area contributed by atoms with Crippen molar-refractivity contribution in [1.82, 2.24) is 4.98 Å². The van der Waals surface area contributed by atoms with Gasteiger partial charge in [0.05, 0.1) is 33.6 Å². The number of benzene rings is 4. The summed E-state index contributed by atoms with van der Waals surface area (Å²) in [6.45, 7) is -0.442. The minimum atomic E-state index is -0.679. The van der Waals surface area contributed by atoms with Gasteiger partial charge in [-0.3, -0.25) is 14.4 Å². The molecule has 41 heavy (non-hydrogen) atoms. The predicted molar refractivity (Wildman–Crippen MR) is 159 cm³/mol. The SMILES string of the molecule is O=C(COC(=O)c1cc(-c2ccc(N3C(=O)c4ccccc4C3=O)cc2)nc2ccc(Br)cc12)c1ccc(Cl)cc1. The maximum absolute atomic E-state index is 13.2. The van der Waals surface area contributed by atoms with Gasteiger partial charge in [-0.2, -0.15) is 0 Å². The Morgan fingerprint density at radius 3 is 2.15 bits per heavy atom. The van der Waals surface area contributed by atoms with Crippen molar-refractivity contribution in [2.75, 3.05) is 11.5 Å². The number of ketones is 1. The summed E-state index contributed by atoms with van der Waals surface area (Å²) in [5, 5.41) is 1.05. The summed E-state index contributed by atoms with van der Waals surface area (Å²) in [5.41, 5.74) is 3.44. The van der Waals surface area contributed by atoms with Gasteiger partial charge < -0.3 is 4.74 Å². The second kappa shape index (κ2) is 10.7. The van der Waals surface area contributed by atoms with Crippen molar-refractivity contribution >= 4 is 67.7 Å². The van der Waals surface area contributed by atoms with Crippen molar-refractivity contribution in [3.8, 4) is 11.3 Å². The van der Waals surface area contributed by atoms with Gasteiger partial charge in [0, 0.05) is 26.0 Å². The van der Waals surface area contributed by atoms with Crippen molar-refractivity contribution in [2.24, 2.45) is 0 Å². The van der Waals surface area contributed by atoms with E-state index in [4.69, 9.17) is 21.3 Å². The number of anilines is 1. The maximum atomic E-state index is 13.2. The van der Waals surface area contributed by atoms with Crippen LogP contribution in [0.1, 0.15) is 41.4 Å². The molecule has 1 aliphatic heterocycles. The van der Waals surface area contributed by atoms with Gasteiger partial charge in [0.25, 0.3) is 11.8 Å². The van der Waals surface area contributed by atoms with E-state index < -0.39 is 12.6 Å². The number of hydrogen-bond donors (Lipinski definition) is 0. The Bertz CT molecular complexity index is 1850. The molecular weight excluding hydrogens is 608 g/mol. The molecule has 0 saturated carbocycles. The molecule has 0 saturated heterocycles. The second-order valence-corrected chi connectivity index (χ2v) is 10.6. The molecule has 9 heteroatoms. The number of ether oxygens (including phenoxy) is 1. The molecule has 0 bridgehead atoms. The molecule has 1 aromatic heterocycles. The van der Waals surface area contributed by atoms with Crippen LogP contribution in [0.4, 0.5) is 5.69 Å². The third-order valence-corrected chi connectivity index (χ3v) is 7.45. The summed E-state index contributed by atoms with van der Waals surface area (Å²) in [4.78, 5) is 57.4. The number of halogens is 2. The van der Waals surface area contributed by atoms with E-state index in [1.807, 2.05) is 6.07 Å². The van der Waals surface area contributed by atoms with Crippen LogP contribution < -0.4 is 4.90 Å². The molecule has 0 aliphatic carbocycles. The molecule has 1 aliphatic rings. The highest BCUT2D eigenvalue weighted by Crippen LogP contribution is 2.32. The quantitative estimate of drug-likeness (QED) is 0.113. The van der Waals surface area contributed by atoms with Gasteiger partial charge in [-0.05, 0) is 72.8 Å². The Morgan fingerprint density at radius 1 is 0.829 bits per heavy atom. The summed E-state index contributed by atoms with van der Waals surface area (Å²) >= 11 is 9.33. The van der Waals surface area contributed by atoms with E-state index in [-0.39, 0.29) is 23.2 Å². The summed E-state index contributed by atoms with van der Waals surface area (Å²) in [6.07, 6.45) is 0. The Balaban J connectivity index is 1.29. The van der Waals surface area contributed by atoms with Gasteiger partial charge in [-0.25, -0.2) is 14.7 Å². The third-order valence-electron chi connectivity index (χ3n) is 6.71.